The Kier molecular flexibility index (Phi) is 2.25. The van der Waals surface area contributed by atoms with E-state index in [0.717, 1.165) is 44.0 Å². The molecular weight excluding hydrogens is 272 g/mol. The van der Waals surface area contributed by atoms with Crippen LogP contribution in [-0.2, 0) is 0 Å². The first-order valence-electron chi connectivity index (χ1n) is 7.29. The Morgan fingerprint density at radius 3 is 2.36 bits per heavy atom. The van der Waals surface area contributed by atoms with E-state index < -0.39 is 0 Å². The van der Waals surface area contributed by atoms with Gasteiger partial charge in [0.15, 0.2) is 0 Å². The molecule has 0 radical (unpaired) electrons. The number of para-hydroxylation sites is 1. The van der Waals surface area contributed by atoms with Gasteiger partial charge in [-0.15, -0.1) is 0 Å². The fraction of sp³-hybridized carbons (Fsp3) is 0. The van der Waals surface area contributed by atoms with Crippen LogP contribution in [-0.4, -0.2) is 0 Å². The molecule has 0 bridgehead atoms. The molecule has 0 atom stereocenters. The highest BCUT2D eigenvalue weighted by Crippen LogP contribution is 2.39. The molecule has 2 heteroatoms. The zero-order valence-electron chi connectivity index (χ0n) is 11.7. The predicted molar refractivity (Wildman–Crippen MR) is 88.9 cm³/mol. The van der Waals surface area contributed by atoms with Gasteiger partial charge < -0.3 is 8.83 Å². The summed E-state index contributed by atoms with van der Waals surface area (Å²) in [5.41, 5.74) is 4.92. The van der Waals surface area contributed by atoms with Crippen LogP contribution in [0.15, 0.2) is 81.8 Å². The summed E-state index contributed by atoms with van der Waals surface area (Å²) in [4.78, 5) is 0. The smallest absolute Gasteiger partial charge is 0.146 e. The van der Waals surface area contributed by atoms with Crippen molar-refractivity contribution in [2.45, 2.75) is 0 Å². The number of hydrogen-bond acceptors (Lipinski definition) is 2. The molecule has 0 aliphatic carbocycles. The van der Waals surface area contributed by atoms with Crippen molar-refractivity contribution in [2.75, 3.05) is 0 Å². The highest BCUT2D eigenvalue weighted by atomic mass is 16.3. The van der Waals surface area contributed by atoms with Crippen molar-refractivity contribution in [3.8, 4) is 11.1 Å². The Morgan fingerprint density at radius 2 is 1.45 bits per heavy atom. The van der Waals surface area contributed by atoms with Crippen LogP contribution < -0.4 is 0 Å². The Morgan fingerprint density at radius 1 is 0.636 bits per heavy atom. The van der Waals surface area contributed by atoms with Crippen molar-refractivity contribution in [1.29, 1.82) is 0 Å². The van der Waals surface area contributed by atoms with E-state index in [-0.39, 0.29) is 0 Å². The SMILES string of the molecule is c1ccc(-c2coc3c2ccc2oc4ccccc4c23)cc1. The molecule has 0 fully saturated rings. The molecule has 0 aliphatic heterocycles. The molecule has 2 heterocycles. The highest BCUT2D eigenvalue weighted by molar-refractivity contribution is 6.18. The summed E-state index contributed by atoms with van der Waals surface area (Å²) in [6.45, 7) is 0. The van der Waals surface area contributed by atoms with Gasteiger partial charge in [-0.2, -0.15) is 0 Å². The van der Waals surface area contributed by atoms with E-state index in [4.69, 9.17) is 8.83 Å². The van der Waals surface area contributed by atoms with E-state index in [2.05, 4.69) is 24.3 Å². The number of fused-ring (bicyclic) bond motifs is 5. The Hall–Kier alpha value is -3.00. The van der Waals surface area contributed by atoms with Gasteiger partial charge in [-0.3, -0.25) is 0 Å². The second kappa shape index (κ2) is 4.25. The lowest BCUT2D eigenvalue weighted by atomic mass is 10.0. The fourth-order valence-corrected chi connectivity index (χ4v) is 3.14. The first kappa shape index (κ1) is 11.6. The van der Waals surface area contributed by atoms with Crippen LogP contribution in [0.25, 0.3) is 44.0 Å². The molecule has 0 aliphatic rings. The normalized spacial score (nSPS) is 11.6. The van der Waals surface area contributed by atoms with Gasteiger partial charge in [0.1, 0.15) is 16.7 Å². The summed E-state index contributed by atoms with van der Waals surface area (Å²) in [6.07, 6.45) is 1.83. The number of hydrogen-bond donors (Lipinski definition) is 0. The lowest BCUT2D eigenvalue weighted by Gasteiger charge is -1.97. The topological polar surface area (TPSA) is 26.3 Å². The molecule has 22 heavy (non-hydrogen) atoms. The van der Waals surface area contributed by atoms with Crippen LogP contribution in [0.3, 0.4) is 0 Å². The van der Waals surface area contributed by atoms with Crippen molar-refractivity contribution in [3.05, 3.63) is 73.0 Å². The minimum Gasteiger partial charge on any atom is -0.463 e. The minimum absolute atomic E-state index is 0.864. The Balaban J connectivity index is 1.93. The van der Waals surface area contributed by atoms with Crippen molar-refractivity contribution < 1.29 is 8.83 Å². The van der Waals surface area contributed by atoms with Gasteiger partial charge in [-0.1, -0.05) is 48.5 Å². The molecule has 104 valence electrons. The van der Waals surface area contributed by atoms with Crippen LogP contribution in [0, 0.1) is 0 Å². The predicted octanol–water partition coefficient (Wildman–Crippen LogP) is 6.00. The number of rotatable bonds is 1. The van der Waals surface area contributed by atoms with Gasteiger partial charge in [0.25, 0.3) is 0 Å². The van der Waals surface area contributed by atoms with Crippen LogP contribution in [0.1, 0.15) is 0 Å². The fourth-order valence-electron chi connectivity index (χ4n) is 3.14. The van der Waals surface area contributed by atoms with Gasteiger partial charge in [0.05, 0.1) is 11.6 Å². The maximum absolute atomic E-state index is 5.92. The van der Waals surface area contributed by atoms with Gasteiger partial charge in [-0.05, 0) is 23.8 Å². The van der Waals surface area contributed by atoms with Crippen molar-refractivity contribution >= 4 is 32.9 Å². The lowest BCUT2D eigenvalue weighted by molar-refractivity contribution is 0.619. The van der Waals surface area contributed by atoms with Crippen molar-refractivity contribution in [3.63, 3.8) is 0 Å². The molecule has 3 aromatic carbocycles. The molecule has 0 saturated heterocycles. The van der Waals surface area contributed by atoms with Gasteiger partial charge >= 0.3 is 0 Å². The van der Waals surface area contributed by atoms with E-state index >= 15 is 0 Å². The summed E-state index contributed by atoms with van der Waals surface area (Å²) in [5.74, 6) is 0. The van der Waals surface area contributed by atoms with Crippen LogP contribution in [0.5, 0.6) is 0 Å². The average molecular weight is 284 g/mol. The maximum atomic E-state index is 5.92. The quantitative estimate of drug-likeness (QED) is 0.377. The Labute approximate surface area is 126 Å². The van der Waals surface area contributed by atoms with Crippen LogP contribution in [0.2, 0.25) is 0 Å². The zero-order valence-corrected chi connectivity index (χ0v) is 11.7. The molecule has 0 N–H and O–H groups in total. The third kappa shape index (κ3) is 1.49. The molecule has 0 spiro atoms. The first-order chi connectivity index (χ1) is 10.9. The highest BCUT2D eigenvalue weighted by Gasteiger charge is 2.15. The molecule has 2 nitrogen and oxygen atoms in total. The molecule has 0 amide bonds. The number of furan rings is 2. The average Bonchev–Trinajstić information content (AvgIpc) is 3.16. The number of benzene rings is 3. The van der Waals surface area contributed by atoms with Gasteiger partial charge in [0, 0.05) is 16.3 Å². The molecule has 2 aromatic heterocycles. The molecule has 5 aromatic rings. The molecular formula is C20H12O2. The van der Waals surface area contributed by atoms with Gasteiger partial charge in [-0.25, -0.2) is 0 Å². The molecule has 0 saturated carbocycles. The first-order valence-corrected chi connectivity index (χ1v) is 7.29. The summed E-state index contributed by atoms with van der Waals surface area (Å²) in [7, 11) is 0. The molecule has 5 rings (SSSR count). The minimum atomic E-state index is 0.864. The third-order valence-corrected chi connectivity index (χ3v) is 4.17. The Bertz CT molecular complexity index is 1110. The van der Waals surface area contributed by atoms with E-state index in [1.807, 2.05) is 48.7 Å². The second-order valence-electron chi connectivity index (χ2n) is 5.43. The second-order valence-corrected chi connectivity index (χ2v) is 5.43. The van der Waals surface area contributed by atoms with E-state index in [9.17, 15) is 0 Å². The van der Waals surface area contributed by atoms with Crippen molar-refractivity contribution in [1.82, 2.24) is 0 Å². The van der Waals surface area contributed by atoms with E-state index in [1.54, 1.807) is 0 Å². The summed E-state index contributed by atoms with van der Waals surface area (Å²) < 4.78 is 11.8. The van der Waals surface area contributed by atoms with E-state index in [0.29, 0.717) is 0 Å². The molecule has 0 unspecified atom stereocenters. The summed E-state index contributed by atoms with van der Waals surface area (Å²) in [6, 6.07) is 22.5. The maximum Gasteiger partial charge on any atom is 0.146 e. The summed E-state index contributed by atoms with van der Waals surface area (Å²) >= 11 is 0. The zero-order chi connectivity index (χ0) is 14.5. The summed E-state index contributed by atoms with van der Waals surface area (Å²) in [5, 5.41) is 3.26. The van der Waals surface area contributed by atoms with Crippen LogP contribution in [0.4, 0.5) is 0 Å². The largest absolute Gasteiger partial charge is 0.463 e. The monoisotopic (exact) mass is 284 g/mol. The standard InChI is InChI=1S/C20H12O2/c1-2-6-13(7-3-1)16-12-21-20-14(16)10-11-18-19(20)15-8-4-5-9-17(15)22-18/h1-12H. The van der Waals surface area contributed by atoms with Crippen molar-refractivity contribution in [2.24, 2.45) is 0 Å². The van der Waals surface area contributed by atoms with Crippen LogP contribution >= 0.6 is 0 Å². The van der Waals surface area contributed by atoms with Gasteiger partial charge in [0.2, 0.25) is 0 Å². The third-order valence-electron chi connectivity index (χ3n) is 4.17. The van der Waals surface area contributed by atoms with E-state index in [1.165, 1.54) is 0 Å². The lowest BCUT2D eigenvalue weighted by Crippen LogP contribution is -1.74.